The van der Waals surface area contributed by atoms with Crippen molar-refractivity contribution in [2.45, 2.75) is 26.2 Å². The van der Waals surface area contributed by atoms with E-state index in [9.17, 15) is 8.78 Å². The van der Waals surface area contributed by atoms with Crippen molar-refractivity contribution < 1.29 is 13.5 Å². The molecule has 0 atom stereocenters. The van der Waals surface area contributed by atoms with Crippen LogP contribution in [0.15, 0.2) is 48.5 Å². The fourth-order valence-corrected chi connectivity index (χ4v) is 2.93. The Morgan fingerprint density at radius 3 is 2.50 bits per heavy atom. The van der Waals surface area contributed by atoms with E-state index < -0.39 is 5.82 Å². The van der Waals surface area contributed by atoms with Gasteiger partial charge in [-0.15, -0.1) is 0 Å². The Morgan fingerprint density at radius 2 is 1.79 bits per heavy atom. The number of hydrogen-bond acceptors (Lipinski definition) is 1. The third kappa shape index (κ3) is 3.12. The lowest BCUT2D eigenvalue weighted by Crippen LogP contribution is -1.92. The van der Waals surface area contributed by atoms with Gasteiger partial charge in [0.1, 0.15) is 5.82 Å². The molecule has 0 aromatic heterocycles. The van der Waals surface area contributed by atoms with E-state index in [4.69, 9.17) is 4.74 Å². The molecule has 0 heterocycles. The minimum Gasteiger partial charge on any atom is -0.494 e. The van der Waals surface area contributed by atoms with Crippen LogP contribution in [-0.2, 0) is 6.42 Å². The fourth-order valence-electron chi connectivity index (χ4n) is 2.93. The molecule has 1 nitrogen and oxygen atoms in total. The summed E-state index contributed by atoms with van der Waals surface area (Å²) in [5, 5.41) is 1.43. The van der Waals surface area contributed by atoms with Gasteiger partial charge in [-0.3, -0.25) is 0 Å². The summed E-state index contributed by atoms with van der Waals surface area (Å²) in [5.41, 5.74) is 2.11. The molecule has 0 unspecified atom stereocenters. The van der Waals surface area contributed by atoms with Gasteiger partial charge in [-0.25, -0.2) is 8.78 Å². The quantitative estimate of drug-likeness (QED) is 0.547. The van der Waals surface area contributed by atoms with E-state index in [1.165, 1.54) is 24.8 Å². The summed E-state index contributed by atoms with van der Waals surface area (Å²) >= 11 is 0. The smallest absolute Gasteiger partial charge is 0.165 e. The second-order valence-corrected chi connectivity index (χ2v) is 5.94. The molecule has 24 heavy (non-hydrogen) atoms. The van der Waals surface area contributed by atoms with E-state index in [0.29, 0.717) is 16.5 Å². The normalized spacial score (nSPS) is 11.0. The molecule has 3 aromatic carbocycles. The summed E-state index contributed by atoms with van der Waals surface area (Å²) < 4.78 is 33.7. The van der Waals surface area contributed by atoms with E-state index in [-0.39, 0.29) is 11.6 Å². The molecule has 0 aliphatic heterocycles. The molecule has 0 N–H and O–H groups in total. The van der Waals surface area contributed by atoms with E-state index >= 15 is 0 Å². The fraction of sp³-hybridized carbons (Fsp3) is 0.238. The number of methoxy groups -OCH3 is 1. The molecule has 0 radical (unpaired) electrons. The lowest BCUT2D eigenvalue weighted by molar-refractivity contribution is 0.386. The second-order valence-electron chi connectivity index (χ2n) is 5.94. The van der Waals surface area contributed by atoms with Gasteiger partial charge in [-0.2, -0.15) is 0 Å². The molecule has 0 fully saturated rings. The van der Waals surface area contributed by atoms with E-state index in [1.807, 2.05) is 24.3 Å². The van der Waals surface area contributed by atoms with Crippen LogP contribution in [0.4, 0.5) is 8.78 Å². The Balaban J connectivity index is 2.04. The van der Waals surface area contributed by atoms with Crippen LogP contribution in [0.5, 0.6) is 5.75 Å². The van der Waals surface area contributed by atoms with Crippen molar-refractivity contribution in [3.63, 3.8) is 0 Å². The van der Waals surface area contributed by atoms with Gasteiger partial charge in [0.25, 0.3) is 0 Å². The van der Waals surface area contributed by atoms with Crippen molar-refractivity contribution in [1.82, 2.24) is 0 Å². The Kier molecular flexibility index (Phi) is 4.79. The molecule has 0 aliphatic rings. The Labute approximate surface area is 140 Å². The Morgan fingerprint density at radius 1 is 0.958 bits per heavy atom. The van der Waals surface area contributed by atoms with Crippen molar-refractivity contribution in [2.24, 2.45) is 0 Å². The van der Waals surface area contributed by atoms with E-state index in [1.54, 1.807) is 12.1 Å². The molecule has 3 rings (SSSR count). The first kappa shape index (κ1) is 16.4. The van der Waals surface area contributed by atoms with Crippen molar-refractivity contribution in [2.75, 3.05) is 7.11 Å². The predicted molar refractivity (Wildman–Crippen MR) is 94.5 cm³/mol. The maximum absolute atomic E-state index is 14.9. The van der Waals surface area contributed by atoms with Gasteiger partial charge in [-0.1, -0.05) is 49.7 Å². The molecule has 0 amide bonds. The van der Waals surface area contributed by atoms with Crippen molar-refractivity contribution in [3.8, 4) is 16.9 Å². The van der Waals surface area contributed by atoms with Crippen LogP contribution in [0.3, 0.4) is 0 Å². The number of ether oxygens (including phenoxy) is 1. The van der Waals surface area contributed by atoms with Gasteiger partial charge in [0.2, 0.25) is 0 Å². The highest BCUT2D eigenvalue weighted by Gasteiger charge is 2.12. The topological polar surface area (TPSA) is 9.23 Å². The molecule has 124 valence electrons. The van der Waals surface area contributed by atoms with Crippen molar-refractivity contribution in [1.29, 1.82) is 0 Å². The van der Waals surface area contributed by atoms with Gasteiger partial charge in [-0.05, 0) is 41.5 Å². The standard InChI is InChI=1S/C21H20F2O/c1-3-4-5-14-6-9-17-15(12-14)7-10-18(21(17)23)16-8-11-20(24-2)19(22)13-16/h6-13H,3-5H2,1-2H3. The predicted octanol–water partition coefficient (Wildman–Crippen LogP) is 6.14. The highest BCUT2D eigenvalue weighted by Crippen LogP contribution is 2.32. The lowest BCUT2D eigenvalue weighted by Gasteiger charge is -2.10. The first-order chi connectivity index (χ1) is 11.6. The molecule has 0 spiro atoms. The van der Waals surface area contributed by atoms with E-state index in [0.717, 1.165) is 24.6 Å². The molecule has 0 aliphatic carbocycles. The minimum absolute atomic E-state index is 0.153. The number of aryl methyl sites for hydroxylation is 1. The minimum atomic E-state index is -0.496. The highest BCUT2D eigenvalue weighted by atomic mass is 19.1. The maximum atomic E-state index is 14.9. The first-order valence-electron chi connectivity index (χ1n) is 8.19. The van der Waals surface area contributed by atoms with Gasteiger partial charge < -0.3 is 4.74 Å². The molecule has 0 bridgehead atoms. The summed E-state index contributed by atoms with van der Waals surface area (Å²) in [6.45, 7) is 2.15. The van der Waals surface area contributed by atoms with Crippen LogP contribution in [0.1, 0.15) is 25.3 Å². The number of benzene rings is 3. The summed E-state index contributed by atoms with van der Waals surface area (Å²) in [5.74, 6) is -0.663. The maximum Gasteiger partial charge on any atom is 0.165 e. The second kappa shape index (κ2) is 7.00. The van der Waals surface area contributed by atoms with Gasteiger partial charge >= 0.3 is 0 Å². The Hall–Kier alpha value is -2.42. The van der Waals surface area contributed by atoms with Crippen molar-refractivity contribution in [3.05, 3.63) is 65.7 Å². The Bertz CT molecular complexity index is 871. The summed E-state index contributed by atoms with van der Waals surface area (Å²) in [7, 11) is 1.41. The number of rotatable bonds is 5. The SMILES string of the molecule is CCCCc1ccc2c(F)c(-c3ccc(OC)c(F)c3)ccc2c1. The number of fused-ring (bicyclic) bond motifs is 1. The average molecular weight is 326 g/mol. The zero-order valence-electron chi connectivity index (χ0n) is 13.9. The molecule has 0 saturated heterocycles. The highest BCUT2D eigenvalue weighted by molar-refractivity contribution is 5.88. The van der Waals surface area contributed by atoms with Crippen LogP contribution in [-0.4, -0.2) is 7.11 Å². The third-order valence-electron chi connectivity index (χ3n) is 4.30. The zero-order chi connectivity index (χ0) is 17.1. The van der Waals surface area contributed by atoms with Crippen molar-refractivity contribution >= 4 is 10.8 Å². The van der Waals surface area contributed by atoms with Crippen LogP contribution < -0.4 is 4.74 Å². The van der Waals surface area contributed by atoms with Gasteiger partial charge in [0.05, 0.1) is 7.11 Å². The average Bonchev–Trinajstić information content (AvgIpc) is 2.60. The van der Waals surface area contributed by atoms with Gasteiger partial charge in [0.15, 0.2) is 11.6 Å². The number of unbranched alkanes of at least 4 members (excludes halogenated alkanes) is 1. The summed E-state index contributed by atoms with van der Waals surface area (Å²) in [6, 6.07) is 13.9. The first-order valence-corrected chi connectivity index (χ1v) is 8.19. The summed E-state index contributed by atoms with van der Waals surface area (Å²) in [4.78, 5) is 0. The molecule has 0 saturated carbocycles. The largest absolute Gasteiger partial charge is 0.494 e. The molecular formula is C21H20F2O. The molecule has 3 aromatic rings. The summed E-state index contributed by atoms with van der Waals surface area (Å²) in [6.07, 6.45) is 3.26. The lowest BCUT2D eigenvalue weighted by atomic mass is 9.97. The third-order valence-corrected chi connectivity index (χ3v) is 4.30. The van der Waals surface area contributed by atoms with Crippen LogP contribution >= 0.6 is 0 Å². The van der Waals surface area contributed by atoms with E-state index in [2.05, 4.69) is 6.92 Å². The van der Waals surface area contributed by atoms with Crippen LogP contribution in [0.2, 0.25) is 0 Å². The molecule has 3 heteroatoms. The molecular weight excluding hydrogens is 306 g/mol. The number of hydrogen-bond donors (Lipinski definition) is 0. The van der Waals surface area contributed by atoms with Crippen LogP contribution in [0.25, 0.3) is 21.9 Å². The zero-order valence-corrected chi connectivity index (χ0v) is 13.9. The number of halogens is 2. The van der Waals surface area contributed by atoms with Gasteiger partial charge in [0, 0.05) is 10.9 Å². The monoisotopic (exact) mass is 326 g/mol. The van der Waals surface area contributed by atoms with Crippen LogP contribution in [0, 0.1) is 11.6 Å².